The lowest BCUT2D eigenvalue weighted by molar-refractivity contribution is 0.113. The highest BCUT2D eigenvalue weighted by Gasteiger charge is 2.29. The summed E-state index contributed by atoms with van der Waals surface area (Å²) in [6, 6.07) is 9.79. The zero-order chi connectivity index (χ0) is 12.1. The van der Waals surface area contributed by atoms with Gasteiger partial charge in [0.05, 0.1) is 0 Å². The van der Waals surface area contributed by atoms with Crippen molar-refractivity contribution in [1.82, 2.24) is 4.90 Å². The fourth-order valence-corrected chi connectivity index (χ4v) is 2.22. The highest BCUT2D eigenvalue weighted by Crippen LogP contribution is 2.32. The fourth-order valence-electron chi connectivity index (χ4n) is 1.96. The van der Waals surface area contributed by atoms with Crippen LogP contribution in [-0.2, 0) is 0 Å². The maximum Gasteiger partial charge on any atom is 0.126 e. The number of likely N-dealkylation sites (tertiary alicyclic amines) is 1. The third-order valence-electron chi connectivity index (χ3n) is 3.11. The van der Waals surface area contributed by atoms with Crippen LogP contribution in [0.1, 0.15) is 12.8 Å². The SMILES string of the molecule is FC1(P)CCN(CCOc2ccccc2)CC1. The molecule has 1 heterocycles. The van der Waals surface area contributed by atoms with Gasteiger partial charge in [0.1, 0.15) is 17.8 Å². The molecular formula is C13H19FNOP. The van der Waals surface area contributed by atoms with Crippen LogP contribution in [0.3, 0.4) is 0 Å². The van der Waals surface area contributed by atoms with Crippen LogP contribution in [0.25, 0.3) is 0 Å². The molecule has 1 aliphatic rings. The number of ether oxygens (including phenoxy) is 1. The molecule has 0 saturated carbocycles. The van der Waals surface area contributed by atoms with Gasteiger partial charge in [-0.1, -0.05) is 27.4 Å². The molecule has 0 radical (unpaired) electrons. The first kappa shape index (κ1) is 12.8. The van der Waals surface area contributed by atoms with Crippen LogP contribution < -0.4 is 4.74 Å². The van der Waals surface area contributed by atoms with Gasteiger partial charge in [0, 0.05) is 19.6 Å². The highest BCUT2D eigenvalue weighted by molar-refractivity contribution is 7.18. The average Bonchev–Trinajstić information content (AvgIpc) is 2.33. The van der Waals surface area contributed by atoms with Crippen molar-refractivity contribution in [2.75, 3.05) is 26.2 Å². The van der Waals surface area contributed by atoms with Crippen molar-refractivity contribution < 1.29 is 9.13 Å². The summed E-state index contributed by atoms with van der Waals surface area (Å²) >= 11 is 0. The predicted octanol–water partition coefficient (Wildman–Crippen LogP) is 2.70. The molecule has 1 aromatic carbocycles. The Balaban J connectivity index is 1.67. The van der Waals surface area contributed by atoms with Gasteiger partial charge in [-0.05, 0) is 25.0 Å². The number of benzene rings is 1. The summed E-state index contributed by atoms with van der Waals surface area (Å²) in [6.45, 7) is 3.17. The summed E-state index contributed by atoms with van der Waals surface area (Å²) in [6.07, 6.45) is 1.20. The molecule has 0 aliphatic carbocycles. The Morgan fingerprint density at radius 1 is 1.24 bits per heavy atom. The van der Waals surface area contributed by atoms with E-state index in [0.717, 1.165) is 25.4 Å². The van der Waals surface area contributed by atoms with Gasteiger partial charge in [-0.3, -0.25) is 4.90 Å². The summed E-state index contributed by atoms with van der Waals surface area (Å²) in [4.78, 5) is 2.25. The Kier molecular flexibility index (Phi) is 4.36. The molecule has 0 bridgehead atoms. The molecule has 0 N–H and O–H groups in total. The second-order valence-corrected chi connectivity index (χ2v) is 5.57. The number of alkyl halides is 1. The predicted molar refractivity (Wildman–Crippen MR) is 71.2 cm³/mol. The van der Waals surface area contributed by atoms with Crippen LogP contribution in [0.5, 0.6) is 5.75 Å². The molecule has 1 fully saturated rings. The number of halogens is 1. The molecule has 1 aliphatic heterocycles. The van der Waals surface area contributed by atoms with E-state index in [0.29, 0.717) is 19.4 Å². The first-order valence-corrected chi connectivity index (χ1v) is 6.61. The largest absolute Gasteiger partial charge is 0.492 e. The molecule has 1 saturated heterocycles. The van der Waals surface area contributed by atoms with Gasteiger partial charge in [-0.15, -0.1) is 0 Å². The van der Waals surface area contributed by atoms with E-state index in [4.69, 9.17) is 4.74 Å². The van der Waals surface area contributed by atoms with E-state index < -0.39 is 5.41 Å². The molecule has 4 heteroatoms. The summed E-state index contributed by atoms with van der Waals surface area (Å²) < 4.78 is 19.2. The maximum absolute atomic E-state index is 13.5. The summed E-state index contributed by atoms with van der Waals surface area (Å²) in [5.74, 6) is 0.899. The number of hydrogen-bond acceptors (Lipinski definition) is 2. The number of nitrogens with zero attached hydrogens (tertiary/aromatic N) is 1. The van der Waals surface area contributed by atoms with Crippen LogP contribution in [0.15, 0.2) is 30.3 Å². The molecule has 2 nitrogen and oxygen atoms in total. The number of piperidine rings is 1. The summed E-state index contributed by atoms with van der Waals surface area (Å²) in [5, 5.41) is -1.04. The number of rotatable bonds is 4. The van der Waals surface area contributed by atoms with Crippen molar-refractivity contribution in [1.29, 1.82) is 0 Å². The van der Waals surface area contributed by atoms with E-state index in [-0.39, 0.29) is 0 Å². The third kappa shape index (κ3) is 4.25. The Labute approximate surface area is 104 Å². The van der Waals surface area contributed by atoms with Crippen LogP contribution in [-0.4, -0.2) is 36.6 Å². The minimum absolute atomic E-state index is 0.600. The van der Waals surface area contributed by atoms with Gasteiger partial charge >= 0.3 is 0 Å². The first-order chi connectivity index (χ1) is 8.16. The minimum atomic E-state index is -1.04. The van der Waals surface area contributed by atoms with Gasteiger partial charge < -0.3 is 4.74 Å². The molecule has 1 unspecified atom stereocenters. The highest BCUT2D eigenvalue weighted by atomic mass is 31.0. The van der Waals surface area contributed by atoms with Crippen molar-refractivity contribution in [3.8, 4) is 5.75 Å². The zero-order valence-corrected chi connectivity index (χ0v) is 11.1. The van der Waals surface area contributed by atoms with Crippen molar-refractivity contribution in [2.45, 2.75) is 18.3 Å². The second kappa shape index (κ2) is 5.79. The topological polar surface area (TPSA) is 12.5 Å². The normalized spacial score (nSPS) is 20.1. The molecule has 1 atom stereocenters. The second-order valence-electron chi connectivity index (χ2n) is 4.54. The summed E-state index contributed by atoms with van der Waals surface area (Å²) in [7, 11) is 2.32. The van der Waals surface area contributed by atoms with Gasteiger partial charge in [0.15, 0.2) is 0 Å². The monoisotopic (exact) mass is 255 g/mol. The van der Waals surface area contributed by atoms with E-state index >= 15 is 0 Å². The smallest absolute Gasteiger partial charge is 0.126 e. The van der Waals surface area contributed by atoms with Crippen LogP contribution in [0, 0.1) is 0 Å². The average molecular weight is 255 g/mol. The van der Waals surface area contributed by atoms with E-state index in [1.165, 1.54) is 0 Å². The molecule has 0 aromatic heterocycles. The Morgan fingerprint density at radius 2 is 1.88 bits per heavy atom. The molecule has 94 valence electrons. The van der Waals surface area contributed by atoms with E-state index in [9.17, 15) is 4.39 Å². The van der Waals surface area contributed by atoms with Crippen LogP contribution in [0.2, 0.25) is 0 Å². The van der Waals surface area contributed by atoms with Crippen molar-refractivity contribution in [3.63, 3.8) is 0 Å². The van der Waals surface area contributed by atoms with E-state index in [1.807, 2.05) is 30.3 Å². The van der Waals surface area contributed by atoms with Gasteiger partial charge in [-0.2, -0.15) is 0 Å². The maximum atomic E-state index is 13.5. The van der Waals surface area contributed by atoms with Crippen LogP contribution in [0.4, 0.5) is 4.39 Å². The van der Waals surface area contributed by atoms with Gasteiger partial charge in [-0.25, -0.2) is 4.39 Å². The van der Waals surface area contributed by atoms with E-state index in [1.54, 1.807) is 0 Å². The molecule has 17 heavy (non-hydrogen) atoms. The molecule has 2 rings (SSSR count). The van der Waals surface area contributed by atoms with Crippen LogP contribution >= 0.6 is 9.24 Å². The van der Waals surface area contributed by atoms with Gasteiger partial charge in [0.2, 0.25) is 0 Å². The Bertz CT molecular complexity index is 335. The molecule has 1 aromatic rings. The van der Waals surface area contributed by atoms with Crippen molar-refractivity contribution >= 4 is 9.24 Å². The molecule has 0 amide bonds. The lowest BCUT2D eigenvalue weighted by atomic mass is 10.1. The Morgan fingerprint density at radius 3 is 2.53 bits per heavy atom. The lowest BCUT2D eigenvalue weighted by Gasteiger charge is -2.33. The fraction of sp³-hybridized carbons (Fsp3) is 0.538. The van der Waals surface area contributed by atoms with Crippen molar-refractivity contribution in [2.24, 2.45) is 0 Å². The first-order valence-electron chi connectivity index (χ1n) is 6.04. The van der Waals surface area contributed by atoms with Gasteiger partial charge in [0.25, 0.3) is 0 Å². The lowest BCUT2D eigenvalue weighted by Crippen LogP contribution is -2.40. The third-order valence-corrected chi connectivity index (χ3v) is 3.68. The van der Waals surface area contributed by atoms with Crippen molar-refractivity contribution in [3.05, 3.63) is 30.3 Å². The number of hydrogen-bond donors (Lipinski definition) is 0. The van der Waals surface area contributed by atoms with E-state index in [2.05, 4.69) is 14.1 Å². The minimum Gasteiger partial charge on any atom is -0.492 e. The zero-order valence-electron chi connectivity index (χ0n) is 9.94. The number of para-hydroxylation sites is 1. The standard InChI is InChI=1S/C13H19FNOP/c14-13(17)6-8-15(9-7-13)10-11-16-12-4-2-1-3-5-12/h1-5H,6-11,17H2. The quantitative estimate of drug-likeness (QED) is 0.767. The molecule has 0 spiro atoms. The molecular weight excluding hydrogens is 236 g/mol. The summed E-state index contributed by atoms with van der Waals surface area (Å²) in [5.41, 5.74) is 0. The Hall–Kier alpha value is -0.660.